The topological polar surface area (TPSA) is 49.4 Å². The number of carbonyl (C=O) groups excluding carboxylic acids is 2. The summed E-state index contributed by atoms with van der Waals surface area (Å²) in [5, 5.41) is 3.48. The van der Waals surface area contributed by atoms with Crippen LogP contribution in [-0.2, 0) is 9.59 Å². The van der Waals surface area contributed by atoms with Crippen LogP contribution in [0.5, 0.6) is 0 Å². The van der Waals surface area contributed by atoms with E-state index in [0.29, 0.717) is 19.0 Å². The van der Waals surface area contributed by atoms with Crippen molar-refractivity contribution in [3.63, 3.8) is 0 Å². The Hall–Kier alpha value is -1.06. The second-order valence-corrected chi connectivity index (χ2v) is 9.57. The van der Waals surface area contributed by atoms with Gasteiger partial charge in [-0.2, -0.15) is 0 Å². The average Bonchev–Trinajstić information content (AvgIpc) is 3.14. The Bertz CT molecular complexity index is 517. The van der Waals surface area contributed by atoms with Gasteiger partial charge < -0.3 is 10.2 Å². The molecular weight excluding hydrogens is 300 g/mol. The van der Waals surface area contributed by atoms with Crippen LogP contribution in [-0.4, -0.2) is 34.8 Å². The van der Waals surface area contributed by atoms with Gasteiger partial charge in [0.2, 0.25) is 11.8 Å². The highest BCUT2D eigenvalue weighted by Crippen LogP contribution is 2.55. The molecule has 2 amide bonds. The molecule has 0 spiro atoms. The lowest BCUT2D eigenvalue weighted by molar-refractivity contribution is -0.132. The summed E-state index contributed by atoms with van der Waals surface area (Å²) in [5.74, 6) is 2.81. The van der Waals surface area contributed by atoms with Crippen LogP contribution < -0.4 is 5.32 Å². The van der Waals surface area contributed by atoms with Gasteiger partial charge in [0, 0.05) is 24.5 Å². The van der Waals surface area contributed by atoms with E-state index >= 15 is 0 Å². The van der Waals surface area contributed by atoms with Gasteiger partial charge in [-0.25, -0.2) is 0 Å². The van der Waals surface area contributed by atoms with Gasteiger partial charge in [-0.05, 0) is 69.1 Å². The van der Waals surface area contributed by atoms with E-state index in [4.69, 9.17) is 0 Å². The molecule has 6 rings (SSSR count). The predicted octanol–water partition coefficient (Wildman–Crippen LogP) is 2.86. The molecule has 5 saturated carbocycles. The van der Waals surface area contributed by atoms with E-state index in [2.05, 4.69) is 5.32 Å². The lowest BCUT2D eigenvalue weighted by Crippen LogP contribution is -2.60. The molecule has 1 atom stereocenters. The first kappa shape index (κ1) is 15.2. The van der Waals surface area contributed by atoms with E-state index in [-0.39, 0.29) is 23.3 Å². The molecule has 6 fully saturated rings. The molecule has 24 heavy (non-hydrogen) atoms. The van der Waals surface area contributed by atoms with Crippen LogP contribution in [0.25, 0.3) is 0 Å². The van der Waals surface area contributed by atoms with Crippen molar-refractivity contribution in [2.45, 2.75) is 82.2 Å². The smallest absolute Gasteiger partial charge is 0.225 e. The number of hydrogen-bond donors (Lipinski definition) is 1. The number of amides is 2. The molecule has 132 valence electrons. The van der Waals surface area contributed by atoms with E-state index in [9.17, 15) is 9.59 Å². The van der Waals surface area contributed by atoms with Crippen LogP contribution >= 0.6 is 0 Å². The van der Waals surface area contributed by atoms with Crippen molar-refractivity contribution in [1.82, 2.24) is 10.2 Å². The van der Waals surface area contributed by atoms with Gasteiger partial charge in [0.1, 0.15) is 0 Å². The fourth-order valence-electron chi connectivity index (χ4n) is 7.10. The molecule has 1 saturated heterocycles. The molecule has 4 bridgehead atoms. The zero-order valence-electron chi connectivity index (χ0n) is 14.6. The van der Waals surface area contributed by atoms with E-state index < -0.39 is 0 Å². The number of likely N-dealkylation sites (tertiary alicyclic amines) is 1. The Labute approximate surface area is 144 Å². The lowest BCUT2D eigenvalue weighted by Gasteiger charge is -2.57. The van der Waals surface area contributed by atoms with Crippen molar-refractivity contribution in [2.75, 3.05) is 6.54 Å². The van der Waals surface area contributed by atoms with Crippen molar-refractivity contribution in [3.8, 4) is 0 Å². The fourth-order valence-corrected chi connectivity index (χ4v) is 7.10. The first-order valence-corrected chi connectivity index (χ1v) is 10.2. The van der Waals surface area contributed by atoms with Crippen LogP contribution in [0.15, 0.2) is 0 Å². The minimum atomic E-state index is -0.105. The second-order valence-electron chi connectivity index (χ2n) is 9.57. The van der Waals surface area contributed by atoms with E-state index in [1.165, 1.54) is 51.4 Å². The van der Waals surface area contributed by atoms with Gasteiger partial charge in [-0.3, -0.25) is 9.59 Å². The summed E-state index contributed by atoms with van der Waals surface area (Å²) in [5.41, 5.74) is 0.0790. The quantitative estimate of drug-likeness (QED) is 0.865. The number of carbonyl (C=O) groups is 2. The maximum Gasteiger partial charge on any atom is 0.225 e. The molecule has 0 radical (unpaired) electrons. The molecule has 1 heterocycles. The Morgan fingerprint density at radius 3 is 2.17 bits per heavy atom. The number of nitrogens with one attached hydrogen (secondary N) is 1. The molecule has 0 aromatic heterocycles. The molecule has 4 heteroatoms. The molecular formula is C20H30N2O2. The lowest BCUT2D eigenvalue weighted by atomic mass is 9.53. The SMILES string of the molecule is O=C(NC12CC3CC(CC(C3)C1)C2)C1CC(=O)N(C2CCCC2)C1. The zero-order chi connectivity index (χ0) is 16.3. The minimum Gasteiger partial charge on any atom is -0.350 e. The van der Waals surface area contributed by atoms with Crippen LogP contribution in [0.1, 0.15) is 70.6 Å². The molecule has 6 aliphatic rings. The summed E-state index contributed by atoms with van der Waals surface area (Å²) in [6.45, 7) is 0.668. The largest absolute Gasteiger partial charge is 0.350 e. The Morgan fingerprint density at radius 1 is 1.00 bits per heavy atom. The zero-order valence-corrected chi connectivity index (χ0v) is 14.6. The summed E-state index contributed by atoms with van der Waals surface area (Å²) < 4.78 is 0. The van der Waals surface area contributed by atoms with Gasteiger partial charge in [-0.15, -0.1) is 0 Å². The first-order chi connectivity index (χ1) is 11.6. The average molecular weight is 330 g/mol. The van der Waals surface area contributed by atoms with Crippen molar-refractivity contribution < 1.29 is 9.59 Å². The van der Waals surface area contributed by atoms with Gasteiger partial charge in [0.05, 0.1) is 5.92 Å². The minimum absolute atomic E-state index is 0.0790. The molecule has 1 N–H and O–H groups in total. The van der Waals surface area contributed by atoms with Gasteiger partial charge >= 0.3 is 0 Å². The van der Waals surface area contributed by atoms with E-state index in [1.54, 1.807) is 0 Å². The Morgan fingerprint density at radius 2 is 1.58 bits per heavy atom. The molecule has 0 aromatic carbocycles. The van der Waals surface area contributed by atoms with Gasteiger partial charge in [0.15, 0.2) is 0 Å². The summed E-state index contributed by atoms with van der Waals surface area (Å²) in [6.07, 6.45) is 12.9. The maximum absolute atomic E-state index is 12.9. The molecule has 4 nitrogen and oxygen atoms in total. The Balaban J connectivity index is 1.25. The second kappa shape index (κ2) is 5.47. The predicted molar refractivity (Wildman–Crippen MR) is 91.1 cm³/mol. The van der Waals surface area contributed by atoms with Crippen molar-refractivity contribution in [2.24, 2.45) is 23.7 Å². The fraction of sp³-hybridized carbons (Fsp3) is 0.900. The van der Waals surface area contributed by atoms with Crippen LogP contribution in [0.4, 0.5) is 0 Å². The third-order valence-electron chi connectivity index (χ3n) is 7.72. The normalized spacial score (nSPS) is 44.5. The van der Waals surface area contributed by atoms with Crippen molar-refractivity contribution in [3.05, 3.63) is 0 Å². The van der Waals surface area contributed by atoms with E-state index in [1.807, 2.05) is 4.90 Å². The summed E-state index contributed by atoms with van der Waals surface area (Å²) in [6, 6.07) is 0.412. The molecule has 0 aromatic rings. The molecule has 1 aliphatic heterocycles. The number of hydrogen-bond acceptors (Lipinski definition) is 2. The highest BCUT2D eigenvalue weighted by molar-refractivity contribution is 5.89. The van der Waals surface area contributed by atoms with Gasteiger partial charge in [0.25, 0.3) is 0 Å². The Kier molecular flexibility index (Phi) is 3.47. The van der Waals surface area contributed by atoms with Crippen LogP contribution in [0, 0.1) is 23.7 Å². The number of rotatable bonds is 3. The molecule has 5 aliphatic carbocycles. The third kappa shape index (κ3) is 2.48. The monoisotopic (exact) mass is 330 g/mol. The first-order valence-electron chi connectivity index (χ1n) is 10.2. The highest BCUT2D eigenvalue weighted by Gasteiger charge is 2.52. The maximum atomic E-state index is 12.9. The van der Waals surface area contributed by atoms with Gasteiger partial charge in [-0.1, -0.05) is 12.8 Å². The van der Waals surface area contributed by atoms with Crippen LogP contribution in [0.2, 0.25) is 0 Å². The van der Waals surface area contributed by atoms with Crippen molar-refractivity contribution >= 4 is 11.8 Å². The summed E-state index contributed by atoms with van der Waals surface area (Å²) in [7, 11) is 0. The summed E-state index contributed by atoms with van der Waals surface area (Å²) >= 11 is 0. The van der Waals surface area contributed by atoms with Crippen molar-refractivity contribution in [1.29, 1.82) is 0 Å². The molecule has 1 unspecified atom stereocenters. The number of nitrogens with zero attached hydrogens (tertiary/aromatic N) is 1. The highest BCUT2D eigenvalue weighted by atomic mass is 16.2. The summed E-state index contributed by atoms with van der Waals surface area (Å²) in [4.78, 5) is 27.4. The van der Waals surface area contributed by atoms with Crippen LogP contribution in [0.3, 0.4) is 0 Å². The standard InChI is InChI=1S/C20H30N2O2/c23-18-8-16(12-22(18)17-3-1-2-4-17)19(24)21-20-9-13-5-14(10-20)7-15(6-13)11-20/h13-17H,1-12H2,(H,21,24). The van der Waals surface area contributed by atoms with E-state index in [0.717, 1.165) is 30.6 Å². The third-order valence-corrected chi connectivity index (χ3v) is 7.72.